The van der Waals surface area contributed by atoms with Crippen molar-refractivity contribution in [2.75, 3.05) is 25.6 Å². The summed E-state index contributed by atoms with van der Waals surface area (Å²) in [6, 6.07) is 5.93. The van der Waals surface area contributed by atoms with Crippen LogP contribution in [0.5, 0.6) is 5.75 Å². The SMILES string of the molecule is COCCCC(N)C(=O)Nc1ccccc1OCC(=O)O. The molecule has 0 aliphatic rings. The van der Waals surface area contributed by atoms with E-state index in [-0.39, 0.29) is 11.7 Å². The highest BCUT2D eigenvalue weighted by Gasteiger charge is 2.15. The van der Waals surface area contributed by atoms with Gasteiger partial charge in [0.05, 0.1) is 11.7 Å². The minimum absolute atomic E-state index is 0.289. The number of para-hydroxylation sites is 2. The van der Waals surface area contributed by atoms with E-state index in [4.69, 9.17) is 20.3 Å². The third-order valence-corrected chi connectivity index (χ3v) is 2.70. The Bertz CT molecular complexity index is 478. The number of carbonyl (C=O) groups is 2. The molecule has 0 aliphatic carbocycles. The van der Waals surface area contributed by atoms with Crippen LogP contribution in [0.2, 0.25) is 0 Å². The fourth-order valence-electron chi connectivity index (χ4n) is 1.64. The maximum absolute atomic E-state index is 11.9. The van der Waals surface area contributed by atoms with Gasteiger partial charge in [-0.3, -0.25) is 4.79 Å². The number of hydrogen-bond acceptors (Lipinski definition) is 5. The van der Waals surface area contributed by atoms with Gasteiger partial charge in [0, 0.05) is 13.7 Å². The minimum atomic E-state index is -1.09. The minimum Gasteiger partial charge on any atom is -0.480 e. The van der Waals surface area contributed by atoms with E-state index in [0.717, 1.165) is 0 Å². The predicted molar refractivity (Wildman–Crippen MR) is 77.3 cm³/mol. The number of methoxy groups -OCH3 is 1. The number of nitrogens with one attached hydrogen (secondary N) is 1. The van der Waals surface area contributed by atoms with Gasteiger partial charge >= 0.3 is 5.97 Å². The van der Waals surface area contributed by atoms with Gasteiger partial charge in [-0.05, 0) is 25.0 Å². The molecule has 1 aromatic carbocycles. The lowest BCUT2D eigenvalue weighted by molar-refractivity contribution is -0.139. The lowest BCUT2D eigenvalue weighted by atomic mass is 10.1. The third-order valence-electron chi connectivity index (χ3n) is 2.70. The van der Waals surface area contributed by atoms with Crippen LogP contribution >= 0.6 is 0 Å². The van der Waals surface area contributed by atoms with E-state index >= 15 is 0 Å². The van der Waals surface area contributed by atoms with Crippen molar-refractivity contribution >= 4 is 17.6 Å². The normalized spacial score (nSPS) is 11.7. The average molecular weight is 296 g/mol. The zero-order chi connectivity index (χ0) is 15.7. The van der Waals surface area contributed by atoms with Gasteiger partial charge in [-0.1, -0.05) is 12.1 Å². The molecule has 7 nitrogen and oxygen atoms in total. The Balaban J connectivity index is 2.60. The molecule has 0 aromatic heterocycles. The number of carboxylic acids is 1. The molecule has 0 saturated carbocycles. The number of aliphatic carboxylic acids is 1. The molecule has 0 heterocycles. The van der Waals surface area contributed by atoms with Crippen LogP contribution in [0.1, 0.15) is 12.8 Å². The molecule has 1 aromatic rings. The Hall–Kier alpha value is -2.12. The number of hydrogen-bond donors (Lipinski definition) is 3. The van der Waals surface area contributed by atoms with E-state index in [1.165, 1.54) is 0 Å². The van der Waals surface area contributed by atoms with Gasteiger partial charge in [-0.15, -0.1) is 0 Å². The van der Waals surface area contributed by atoms with E-state index in [9.17, 15) is 9.59 Å². The smallest absolute Gasteiger partial charge is 0.341 e. The zero-order valence-electron chi connectivity index (χ0n) is 11.9. The molecule has 21 heavy (non-hydrogen) atoms. The lowest BCUT2D eigenvalue weighted by Gasteiger charge is -2.14. The molecular formula is C14H20N2O5. The van der Waals surface area contributed by atoms with Crippen LogP contribution in [0.3, 0.4) is 0 Å². The topological polar surface area (TPSA) is 111 Å². The highest BCUT2D eigenvalue weighted by Crippen LogP contribution is 2.23. The summed E-state index contributed by atoms with van der Waals surface area (Å²) < 4.78 is 10.0. The first-order valence-electron chi connectivity index (χ1n) is 6.53. The summed E-state index contributed by atoms with van der Waals surface area (Å²) in [5.74, 6) is -1.15. The van der Waals surface area contributed by atoms with Crippen molar-refractivity contribution in [3.8, 4) is 5.75 Å². The van der Waals surface area contributed by atoms with Crippen molar-refractivity contribution in [2.24, 2.45) is 5.73 Å². The molecule has 0 radical (unpaired) electrons. The highest BCUT2D eigenvalue weighted by atomic mass is 16.5. The molecule has 0 spiro atoms. The summed E-state index contributed by atoms with van der Waals surface area (Å²) in [7, 11) is 1.58. The summed E-state index contributed by atoms with van der Waals surface area (Å²) in [5, 5.41) is 11.3. The molecule has 0 bridgehead atoms. The van der Waals surface area contributed by atoms with E-state index in [2.05, 4.69) is 5.32 Å². The Labute approximate surface area is 123 Å². The second-order valence-electron chi connectivity index (χ2n) is 4.41. The third kappa shape index (κ3) is 6.24. The monoisotopic (exact) mass is 296 g/mol. The summed E-state index contributed by atoms with van der Waals surface area (Å²) in [5.41, 5.74) is 6.17. The molecule has 1 rings (SSSR count). The molecule has 0 aliphatic heterocycles. The van der Waals surface area contributed by atoms with Crippen molar-refractivity contribution in [2.45, 2.75) is 18.9 Å². The quantitative estimate of drug-likeness (QED) is 0.582. The van der Waals surface area contributed by atoms with E-state index in [0.29, 0.717) is 25.1 Å². The van der Waals surface area contributed by atoms with Crippen molar-refractivity contribution in [1.29, 1.82) is 0 Å². The Morgan fingerprint density at radius 2 is 2.10 bits per heavy atom. The molecule has 116 valence electrons. The Kier molecular flexibility index (Phi) is 7.20. The van der Waals surface area contributed by atoms with Gasteiger partial charge < -0.3 is 25.6 Å². The van der Waals surface area contributed by atoms with E-state index < -0.39 is 18.6 Å². The number of carbonyl (C=O) groups excluding carboxylic acids is 1. The molecule has 7 heteroatoms. The van der Waals surface area contributed by atoms with Gasteiger partial charge in [0.15, 0.2) is 6.61 Å². The maximum atomic E-state index is 11.9. The standard InChI is InChI=1S/C14H20N2O5/c1-20-8-4-5-10(15)14(19)16-11-6-2-3-7-12(11)21-9-13(17)18/h2-3,6-7,10H,4-5,8-9,15H2,1H3,(H,16,19)(H,17,18). The fraction of sp³-hybridized carbons (Fsp3) is 0.429. The first-order chi connectivity index (χ1) is 10.0. The molecule has 0 fully saturated rings. The number of nitrogens with two attached hydrogens (primary N) is 1. The van der Waals surface area contributed by atoms with Gasteiger partial charge in [0.25, 0.3) is 0 Å². The first-order valence-corrected chi connectivity index (χ1v) is 6.53. The van der Waals surface area contributed by atoms with Crippen molar-refractivity contribution in [3.05, 3.63) is 24.3 Å². The van der Waals surface area contributed by atoms with E-state index in [1.54, 1.807) is 31.4 Å². The molecule has 1 unspecified atom stereocenters. The van der Waals surface area contributed by atoms with Crippen LogP contribution in [0, 0.1) is 0 Å². The molecular weight excluding hydrogens is 276 g/mol. The van der Waals surface area contributed by atoms with E-state index in [1.807, 2.05) is 0 Å². The lowest BCUT2D eigenvalue weighted by Crippen LogP contribution is -2.35. The second-order valence-corrected chi connectivity index (χ2v) is 4.41. The Morgan fingerprint density at radius 1 is 1.38 bits per heavy atom. The van der Waals surface area contributed by atoms with Crippen LogP contribution in [0.15, 0.2) is 24.3 Å². The highest BCUT2D eigenvalue weighted by molar-refractivity contribution is 5.95. The number of amides is 1. The van der Waals surface area contributed by atoms with Crippen LogP contribution in [-0.2, 0) is 14.3 Å². The maximum Gasteiger partial charge on any atom is 0.341 e. The molecule has 1 amide bonds. The van der Waals surface area contributed by atoms with Crippen molar-refractivity contribution in [3.63, 3.8) is 0 Å². The molecule has 0 saturated heterocycles. The van der Waals surface area contributed by atoms with Gasteiger partial charge in [0.2, 0.25) is 5.91 Å². The largest absolute Gasteiger partial charge is 0.480 e. The van der Waals surface area contributed by atoms with Crippen LogP contribution in [-0.4, -0.2) is 43.3 Å². The number of anilines is 1. The molecule has 1 atom stereocenters. The number of rotatable bonds is 9. The second kappa shape index (κ2) is 8.93. The van der Waals surface area contributed by atoms with Crippen molar-refractivity contribution < 1.29 is 24.2 Å². The Morgan fingerprint density at radius 3 is 2.76 bits per heavy atom. The number of ether oxygens (including phenoxy) is 2. The summed E-state index contributed by atoms with van der Waals surface area (Å²) in [6.45, 7) is 0.0616. The summed E-state index contributed by atoms with van der Waals surface area (Å²) in [6.07, 6.45) is 1.18. The van der Waals surface area contributed by atoms with Crippen molar-refractivity contribution in [1.82, 2.24) is 0 Å². The molecule has 4 N–H and O–H groups in total. The summed E-state index contributed by atoms with van der Waals surface area (Å²) in [4.78, 5) is 22.5. The van der Waals surface area contributed by atoms with Crippen LogP contribution in [0.4, 0.5) is 5.69 Å². The van der Waals surface area contributed by atoms with Gasteiger partial charge in [0.1, 0.15) is 5.75 Å². The first kappa shape index (κ1) is 16.9. The van der Waals surface area contributed by atoms with Gasteiger partial charge in [-0.25, -0.2) is 4.79 Å². The summed E-state index contributed by atoms with van der Waals surface area (Å²) >= 11 is 0. The number of benzene rings is 1. The van der Waals surface area contributed by atoms with Crippen LogP contribution < -0.4 is 15.8 Å². The predicted octanol–water partition coefficient (Wildman–Crippen LogP) is 0.842. The zero-order valence-corrected chi connectivity index (χ0v) is 11.9. The number of carboxylic acid groups (broad SMARTS) is 1. The van der Waals surface area contributed by atoms with Gasteiger partial charge in [-0.2, -0.15) is 0 Å². The van der Waals surface area contributed by atoms with Crippen LogP contribution in [0.25, 0.3) is 0 Å². The fourth-order valence-corrected chi connectivity index (χ4v) is 1.64. The average Bonchev–Trinajstić information content (AvgIpc) is 2.46.